The largest absolute Gasteiger partial charge is 0.481 e. The molecule has 0 bridgehead atoms. The van der Waals surface area contributed by atoms with E-state index in [0.29, 0.717) is 26.1 Å². The Kier molecular flexibility index (Phi) is 4.42. The molecule has 0 spiro atoms. The van der Waals surface area contributed by atoms with Crippen molar-refractivity contribution in [3.8, 4) is 0 Å². The van der Waals surface area contributed by atoms with Crippen LogP contribution in [-0.4, -0.2) is 38.2 Å². The van der Waals surface area contributed by atoms with E-state index in [1.165, 1.54) is 0 Å². The third-order valence-corrected chi connectivity index (χ3v) is 3.79. The number of carbonyl (C=O) groups is 2. The molecule has 1 amide bonds. The van der Waals surface area contributed by atoms with Crippen molar-refractivity contribution in [3.63, 3.8) is 0 Å². The first-order valence-corrected chi connectivity index (χ1v) is 7.07. The fourth-order valence-electron chi connectivity index (χ4n) is 2.36. The van der Waals surface area contributed by atoms with Gasteiger partial charge in [-0.05, 0) is 12.5 Å². The number of carboxylic acid groups (broad SMARTS) is 1. The zero-order valence-corrected chi connectivity index (χ0v) is 12.0. The topological polar surface area (TPSA) is 75.4 Å². The van der Waals surface area contributed by atoms with Crippen molar-refractivity contribution in [3.05, 3.63) is 17.5 Å². The van der Waals surface area contributed by atoms with Crippen molar-refractivity contribution >= 4 is 11.9 Å². The molecule has 1 aliphatic rings. The Balaban J connectivity index is 2.03. The van der Waals surface area contributed by atoms with Crippen LogP contribution < -0.4 is 0 Å². The van der Waals surface area contributed by atoms with E-state index in [4.69, 9.17) is 5.11 Å². The van der Waals surface area contributed by atoms with Gasteiger partial charge in [-0.1, -0.05) is 13.8 Å². The Labute approximate surface area is 118 Å². The summed E-state index contributed by atoms with van der Waals surface area (Å²) in [7, 11) is 0. The maximum atomic E-state index is 12.2. The minimum absolute atomic E-state index is 0.0518. The zero-order valence-electron chi connectivity index (χ0n) is 12.0. The van der Waals surface area contributed by atoms with Crippen LogP contribution in [-0.2, 0) is 29.1 Å². The van der Waals surface area contributed by atoms with E-state index < -0.39 is 5.97 Å². The highest BCUT2D eigenvalue weighted by Crippen LogP contribution is 2.17. The molecule has 20 heavy (non-hydrogen) atoms. The maximum absolute atomic E-state index is 12.2. The smallest absolute Gasteiger partial charge is 0.303 e. The van der Waals surface area contributed by atoms with Gasteiger partial charge in [-0.15, -0.1) is 0 Å². The first-order valence-electron chi connectivity index (χ1n) is 7.07. The molecule has 1 aliphatic heterocycles. The van der Waals surface area contributed by atoms with Crippen LogP contribution in [0.15, 0.2) is 6.07 Å². The summed E-state index contributed by atoms with van der Waals surface area (Å²) in [6, 6.07) is 1.92. The van der Waals surface area contributed by atoms with E-state index in [1.807, 2.05) is 29.5 Å². The molecule has 0 fully saturated rings. The SMILES string of the molecule is CC[C@@H](C)C(=O)N1CCn2nc(CCC(=O)O)cc2C1. The van der Waals surface area contributed by atoms with Crippen LogP contribution >= 0.6 is 0 Å². The molecule has 0 aliphatic carbocycles. The molecule has 6 heteroatoms. The highest BCUT2D eigenvalue weighted by atomic mass is 16.4. The molecule has 1 atom stereocenters. The van der Waals surface area contributed by atoms with Crippen molar-refractivity contribution in [1.29, 1.82) is 0 Å². The number of carboxylic acids is 1. The third kappa shape index (κ3) is 3.18. The van der Waals surface area contributed by atoms with E-state index in [-0.39, 0.29) is 18.2 Å². The predicted octanol–water partition coefficient (Wildman–Crippen LogP) is 1.29. The Morgan fingerprint density at radius 3 is 2.85 bits per heavy atom. The first kappa shape index (κ1) is 14.6. The summed E-state index contributed by atoms with van der Waals surface area (Å²) in [5, 5.41) is 13.1. The van der Waals surface area contributed by atoms with Gasteiger partial charge in [-0.25, -0.2) is 0 Å². The maximum Gasteiger partial charge on any atom is 0.303 e. The van der Waals surface area contributed by atoms with Gasteiger partial charge in [0.25, 0.3) is 0 Å². The van der Waals surface area contributed by atoms with Crippen molar-refractivity contribution in [2.75, 3.05) is 6.54 Å². The van der Waals surface area contributed by atoms with E-state index in [0.717, 1.165) is 17.8 Å². The van der Waals surface area contributed by atoms with E-state index >= 15 is 0 Å². The molecular formula is C14H21N3O3. The Bertz CT molecular complexity index is 510. The molecule has 0 saturated carbocycles. The second kappa shape index (κ2) is 6.07. The number of nitrogens with zero attached hydrogens (tertiary/aromatic N) is 3. The fourth-order valence-corrected chi connectivity index (χ4v) is 2.36. The number of aryl methyl sites for hydroxylation is 1. The molecule has 1 N–H and O–H groups in total. The second-order valence-electron chi connectivity index (χ2n) is 5.31. The molecule has 0 saturated heterocycles. The molecule has 1 aromatic heterocycles. The van der Waals surface area contributed by atoms with Gasteiger partial charge in [-0.3, -0.25) is 14.3 Å². The number of rotatable bonds is 5. The predicted molar refractivity (Wildman–Crippen MR) is 73.1 cm³/mol. The lowest BCUT2D eigenvalue weighted by molar-refractivity contribution is -0.137. The van der Waals surface area contributed by atoms with Gasteiger partial charge in [0.2, 0.25) is 5.91 Å². The van der Waals surface area contributed by atoms with Gasteiger partial charge in [0, 0.05) is 18.9 Å². The molecule has 0 aromatic carbocycles. The zero-order chi connectivity index (χ0) is 14.7. The average Bonchev–Trinajstić information content (AvgIpc) is 2.85. The molecular weight excluding hydrogens is 258 g/mol. The van der Waals surface area contributed by atoms with Crippen molar-refractivity contribution in [2.45, 2.75) is 46.2 Å². The van der Waals surface area contributed by atoms with Crippen molar-refractivity contribution in [2.24, 2.45) is 5.92 Å². The van der Waals surface area contributed by atoms with E-state index in [1.54, 1.807) is 0 Å². The number of fused-ring (bicyclic) bond motifs is 1. The van der Waals surface area contributed by atoms with Gasteiger partial charge in [0.1, 0.15) is 0 Å². The molecule has 2 rings (SSSR count). The Morgan fingerprint density at radius 1 is 1.45 bits per heavy atom. The molecule has 2 heterocycles. The average molecular weight is 279 g/mol. The highest BCUT2D eigenvalue weighted by molar-refractivity contribution is 5.78. The quantitative estimate of drug-likeness (QED) is 0.881. The van der Waals surface area contributed by atoms with Crippen LogP contribution in [0.4, 0.5) is 0 Å². The molecule has 0 radical (unpaired) electrons. The van der Waals surface area contributed by atoms with Crippen LogP contribution in [0.2, 0.25) is 0 Å². The summed E-state index contributed by atoms with van der Waals surface area (Å²) < 4.78 is 1.89. The molecule has 110 valence electrons. The number of amides is 1. The van der Waals surface area contributed by atoms with Crippen LogP contribution in [0.3, 0.4) is 0 Å². The Morgan fingerprint density at radius 2 is 2.20 bits per heavy atom. The molecule has 0 unspecified atom stereocenters. The Hall–Kier alpha value is -1.85. The lowest BCUT2D eigenvalue weighted by Crippen LogP contribution is -2.40. The minimum Gasteiger partial charge on any atom is -0.481 e. The number of carbonyl (C=O) groups excluding carboxylic acids is 1. The van der Waals surface area contributed by atoms with Crippen LogP contribution in [0.5, 0.6) is 0 Å². The lowest BCUT2D eigenvalue weighted by atomic mass is 10.1. The van der Waals surface area contributed by atoms with Crippen LogP contribution in [0.1, 0.15) is 38.1 Å². The summed E-state index contributed by atoms with van der Waals surface area (Å²) in [5.74, 6) is -0.576. The monoisotopic (exact) mass is 279 g/mol. The lowest BCUT2D eigenvalue weighted by Gasteiger charge is -2.29. The van der Waals surface area contributed by atoms with Gasteiger partial charge in [0.05, 0.1) is 30.9 Å². The minimum atomic E-state index is -0.815. The van der Waals surface area contributed by atoms with Crippen molar-refractivity contribution in [1.82, 2.24) is 14.7 Å². The molecule has 6 nitrogen and oxygen atoms in total. The van der Waals surface area contributed by atoms with Crippen LogP contribution in [0, 0.1) is 5.92 Å². The van der Waals surface area contributed by atoms with Gasteiger partial charge < -0.3 is 10.0 Å². The first-order chi connectivity index (χ1) is 9.51. The van der Waals surface area contributed by atoms with Crippen LogP contribution in [0.25, 0.3) is 0 Å². The second-order valence-corrected chi connectivity index (χ2v) is 5.31. The van der Waals surface area contributed by atoms with Gasteiger partial charge >= 0.3 is 5.97 Å². The number of aromatic nitrogens is 2. The normalized spacial score (nSPS) is 15.8. The summed E-state index contributed by atoms with van der Waals surface area (Å²) in [4.78, 5) is 24.6. The number of aliphatic carboxylic acids is 1. The number of hydrogen-bond donors (Lipinski definition) is 1. The third-order valence-electron chi connectivity index (χ3n) is 3.79. The van der Waals surface area contributed by atoms with E-state index in [2.05, 4.69) is 5.10 Å². The fraction of sp³-hybridized carbons (Fsp3) is 0.643. The highest BCUT2D eigenvalue weighted by Gasteiger charge is 2.24. The summed E-state index contributed by atoms with van der Waals surface area (Å²) in [6.07, 6.45) is 1.37. The van der Waals surface area contributed by atoms with Crippen molar-refractivity contribution < 1.29 is 14.7 Å². The molecule has 1 aromatic rings. The standard InChI is InChI=1S/C14H21N3O3/c1-3-10(2)14(20)16-6-7-17-12(9-16)8-11(15-17)4-5-13(18)19/h8,10H,3-7,9H2,1-2H3,(H,18,19)/t10-/m1/s1. The van der Waals surface area contributed by atoms with Gasteiger partial charge in [-0.2, -0.15) is 5.10 Å². The van der Waals surface area contributed by atoms with Gasteiger partial charge in [0.15, 0.2) is 0 Å². The summed E-state index contributed by atoms with van der Waals surface area (Å²) in [6.45, 7) is 5.90. The summed E-state index contributed by atoms with van der Waals surface area (Å²) >= 11 is 0. The number of hydrogen-bond acceptors (Lipinski definition) is 3. The summed E-state index contributed by atoms with van der Waals surface area (Å²) in [5.41, 5.74) is 1.79. The van der Waals surface area contributed by atoms with E-state index in [9.17, 15) is 9.59 Å².